The van der Waals surface area contributed by atoms with Crippen molar-refractivity contribution in [3.05, 3.63) is 28.6 Å². The molecule has 2 atom stereocenters. The number of thiazole rings is 1. The van der Waals surface area contributed by atoms with E-state index in [9.17, 15) is 4.79 Å². The number of carbonyl (C=O) groups excluding carboxylic acids is 1. The molecule has 0 bridgehead atoms. The Morgan fingerprint density at radius 2 is 2.43 bits per heavy atom. The lowest BCUT2D eigenvalue weighted by molar-refractivity contribution is -0.159. The van der Waals surface area contributed by atoms with Crippen LogP contribution < -0.4 is 0 Å². The zero-order chi connectivity index (χ0) is 16.1. The van der Waals surface area contributed by atoms with Crippen LogP contribution in [0.5, 0.6) is 0 Å². The van der Waals surface area contributed by atoms with Crippen molar-refractivity contribution in [3.8, 4) is 9.88 Å². The van der Waals surface area contributed by atoms with Gasteiger partial charge in [0.25, 0.3) is 0 Å². The van der Waals surface area contributed by atoms with Crippen LogP contribution in [0.4, 0.5) is 0 Å². The van der Waals surface area contributed by atoms with Crippen molar-refractivity contribution in [1.82, 2.24) is 4.98 Å². The second-order valence-corrected chi connectivity index (χ2v) is 7.15. The Labute approximate surface area is 143 Å². The van der Waals surface area contributed by atoms with Crippen molar-refractivity contribution in [2.75, 3.05) is 13.2 Å². The summed E-state index contributed by atoms with van der Waals surface area (Å²) in [6, 6.07) is 4.02. The molecule has 3 heterocycles. The first-order valence-electron chi connectivity index (χ1n) is 7.60. The van der Waals surface area contributed by atoms with Crippen molar-refractivity contribution in [3.63, 3.8) is 0 Å². The molecule has 0 aliphatic carbocycles. The fraction of sp³-hybridized carbons (Fsp3) is 0.500. The first kappa shape index (κ1) is 16.6. The summed E-state index contributed by atoms with van der Waals surface area (Å²) in [5.41, 5.74) is 0.762. The fourth-order valence-corrected chi connectivity index (χ4v) is 3.86. The Bertz CT molecular complexity index is 620. The van der Waals surface area contributed by atoms with Crippen LogP contribution in [0.2, 0.25) is 0 Å². The molecular weight excluding hydrogens is 334 g/mol. The van der Waals surface area contributed by atoms with Crippen molar-refractivity contribution < 1.29 is 19.0 Å². The molecule has 2 aromatic rings. The standard InChI is InChI=1S/C16H19NO4S2/c1-11(20-9-13-4-2-6-19-13)16(18)21-8-12-10-23-15(17-12)14-5-3-7-22-14/h3,5,7,10-11,13H,2,4,6,8-9H2,1H3. The Balaban J connectivity index is 1.43. The molecule has 0 saturated carbocycles. The molecule has 1 aliphatic heterocycles. The van der Waals surface area contributed by atoms with Gasteiger partial charge in [-0.15, -0.1) is 22.7 Å². The molecule has 0 N–H and O–H groups in total. The topological polar surface area (TPSA) is 57.7 Å². The molecule has 1 aliphatic rings. The van der Waals surface area contributed by atoms with Gasteiger partial charge in [0.15, 0.2) is 6.10 Å². The van der Waals surface area contributed by atoms with Gasteiger partial charge in [0.1, 0.15) is 11.6 Å². The van der Waals surface area contributed by atoms with E-state index in [-0.39, 0.29) is 18.7 Å². The van der Waals surface area contributed by atoms with E-state index in [1.165, 1.54) is 0 Å². The van der Waals surface area contributed by atoms with Crippen LogP contribution in [0.1, 0.15) is 25.5 Å². The molecule has 5 nitrogen and oxygen atoms in total. The number of hydrogen-bond acceptors (Lipinski definition) is 7. The summed E-state index contributed by atoms with van der Waals surface area (Å²) in [5, 5.41) is 4.89. The molecule has 0 radical (unpaired) electrons. The van der Waals surface area contributed by atoms with E-state index in [1.807, 2.05) is 22.9 Å². The van der Waals surface area contributed by atoms with Crippen LogP contribution in [-0.2, 0) is 25.6 Å². The van der Waals surface area contributed by atoms with Gasteiger partial charge in [-0.25, -0.2) is 9.78 Å². The molecule has 0 aromatic carbocycles. The largest absolute Gasteiger partial charge is 0.457 e. The van der Waals surface area contributed by atoms with E-state index in [2.05, 4.69) is 4.98 Å². The van der Waals surface area contributed by atoms with Gasteiger partial charge in [-0.3, -0.25) is 0 Å². The summed E-state index contributed by atoms with van der Waals surface area (Å²) in [5.74, 6) is -0.367. The number of aromatic nitrogens is 1. The van der Waals surface area contributed by atoms with Crippen molar-refractivity contribution in [1.29, 1.82) is 0 Å². The second kappa shape index (κ2) is 8.01. The third kappa shape index (κ3) is 4.60. The number of carbonyl (C=O) groups is 1. The molecule has 2 aromatic heterocycles. The zero-order valence-corrected chi connectivity index (χ0v) is 14.5. The zero-order valence-electron chi connectivity index (χ0n) is 12.9. The second-order valence-electron chi connectivity index (χ2n) is 5.34. The predicted molar refractivity (Wildman–Crippen MR) is 89.6 cm³/mol. The summed E-state index contributed by atoms with van der Waals surface area (Å²) in [6.07, 6.45) is 1.57. The van der Waals surface area contributed by atoms with Crippen molar-refractivity contribution >= 4 is 28.6 Å². The molecular formula is C16H19NO4S2. The summed E-state index contributed by atoms with van der Waals surface area (Å²) < 4.78 is 16.3. The molecule has 2 unspecified atom stereocenters. The van der Waals surface area contributed by atoms with E-state index in [0.717, 1.165) is 35.0 Å². The van der Waals surface area contributed by atoms with E-state index in [4.69, 9.17) is 14.2 Å². The van der Waals surface area contributed by atoms with Crippen molar-refractivity contribution in [2.45, 2.75) is 38.6 Å². The normalized spacial score (nSPS) is 18.9. The smallest absolute Gasteiger partial charge is 0.335 e. The van der Waals surface area contributed by atoms with Gasteiger partial charge in [-0.2, -0.15) is 0 Å². The van der Waals surface area contributed by atoms with E-state index in [1.54, 1.807) is 29.6 Å². The van der Waals surface area contributed by atoms with Gasteiger partial charge < -0.3 is 14.2 Å². The monoisotopic (exact) mass is 353 g/mol. The highest BCUT2D eigenvalue weighted by atomic mass is 32.1. The Hall–Kier alpha value is -1.28. The maximum atomic E-state index is 11.9. The van der Waals surface area contributed by atoms with Crippen LogP contribution in [0.15, 0.2) is 22.9 Å². The highest BCUT2D eigenvalue weighted by Gasteiger charge is 2.21. The Kier molecular flexibility index (Phi) is 5.77. The molecule has 23 heavy (non-hydrogen) atoms. The molecule has 0 amide bonds. The first-order chi connectivity index (χ1) is 11.2. The maximum absolute atomic E-state index is 11.9. The minimum absolute atomic E-state index is 0.108. The van der Waals surface area contributed by atoms with Gasteiger partial charge >= 0.3 is 5.97 Å². The summed E-state index contributed by atoms with van der Waals surface area (Å²) in [6.45, 7) is 3.10. The minimum Gasteiger partial charge on any atom is -0.457 e. The lowest BCUT2D eigenvalue weighted by Crippen LogP contribution is -2.27. The molecule has 3 rings (SSSR count). The predicted octanol–water partition coefficient (Wildman–Crippen LogP) is 3.50. The number of nitrogens with zero attached hydrogens (tertiary/aromatic N) is 1. The van der Waals surface area contributed by atoms with Crippen molar-refractivity contribution in [2.24, 2.45) is 0 Å². The number of rotatable bonds is 7. The quantitative estimate of drug-likeness (QED) is 0.713. The van der Waals surface area contributed by atoms with Gasteiger partial charge in [0, 0.05) is 12.0 Å². The van der Waals surface area contributed by atoms with E-state index in [0.29, 0.717) is 6.61 Å². The first-order valence-corrected chi connectivity index (χ1v) is 9.36. The highest BCUT2D eigenvalue weighted by molar-refractivity contribution is 7.20. The number of esters is 1. The summed E-state index contributed by atoms with van der Waals surface area (Å²) >= 11 is 3.20. The SMILES string of the molecule is CC(OCC1CCCO1)C(=O)OCc1csc(-c2cccs2)n1. The fourth-order valence-electron chi connectivity index (χ4n) is 2.24. The third-order valence-electron chi connectivity index (χ3n) is 3.53. The highest BCUT2D eigenvalue weighted by Crippen LogP contribution is 2.28. The molecule has 7 heteroatoms. The lowest BCUT2D eigenvalue weighted by atomic mass is 10.2. The minimum atomic E-state index is -0.588. The molecule has 1 saturated heterocycles. The number of hydrogen-bond donors (Lipinski definition) is 0. The maximum Gasteiger partial charge on any atom is 0.335 e. The number of thiophene rings is 1. The molecule has 1 fully saturated rings. The Morgan fingerprint density at radius 1 is 1.52 bits per heavy atom. The van der Waals surface area contributed by atoms with Gasteiger partial charge in [0.2, 0.25) is 0 Å². The average Bonchev–Trinajstić information content (AvgIpc) is 3.32. The van der Waals surface area contributed by atoms with E-state index < -0.39 is 6.10 Å². The van der Waals surface area contributed by atoms with Crippen LogP contribution in [-0.4, -0.2) is 36.4 Å². The summed E-state index contributed by atoms with van der Waals surface area (Å²) in [4.78, 5) is 17.6. The van der Waals surface area contributed by atoms with Gasteiger partial charge in [-0.1, -0.05) is 6.07 Å². The Morgan fingerprint density at radius 3 is 3.17 bits per heavy atom. The third-order valence-corrected chi connectivity index (χ3v) is 5.46. The van der Waals surface area contributed by atoms with Crippen LogP contribution in [0.3, 0.4) is 0 Å². The molecule has 0 spiro atoms. The number of ether oxygens (including phenoxy) is 3. The lowest BCUT2D eigenvalue weighted by Gasteiger charge is -2.15. The molecule has 124 valence electrons. The van der Waals surface area contributed by atoms with Gasteiger partial charge in [-0.05, 0) is 31.2 Å². The van der Waals surface area contributed by atoms with Gasteiger partial charge in [0.05, 0.1) is 23.3 Å². The average molecular weight is 353 g/mol. The van der Waals surface area contributed by atoms with Crippen LogP contribution >= 0.6 is 22.7 Å². The van der Waals surface area contributed by atoms with E-state index >= 15 is 0 Å². The van der Waals surface area contributed by atoms with Crippen LogP contribution in [0.25, 0.3) is 9.88 Å². The van der Waals surface area contributed by atoms with Crippen LogP contribution in [0, 0.1) is 0 Å². The summed E-state index contributed by atoms with van der Waals surface area (Å²) in [7, 11) is 0.